The van der Waals surface area contributed by atoms with Crippen LogP contribution in [0.5, 0.6) is 5.88 Å². The molecule has 0 spiro atoms. The van der Waals surface area contributed by atoms with Gasteiger partial charge in [0.25, 0.3) is 5.91 Å². The molecule has 0 fully saturated rings. The smallest absolute Gasteiger partial charge is 0.255 e. The van der Waals surface area contributed by atoms with E-state index in [1.807, 2.05) is 56.4 Å². The van der Waals surface area contributed by atoms with E-state index in [1.54, 1.807) is 23.9 Å². The molecule has 1 aromatic heterocycles. The van der Waals surface area contributed by atoms with E-state index in [0.29, 0.717) is 11.4 Å². The highest BCUT2D eigenvalue weighted by Crippen LogP contribution is 2.25. The number of amides is 1. The summed E-state index contributed by atoms with van der Waals surface area (Å²) in [6, 6.07) is 13.1. The molecule has 0 bridgehead atoms. The van der Waals surface area contributed by atoms with E-state index in [9.17, 15) is 4.79 Å². The first-order valence-corrected chi connectivity index (χ1v) is 7.59. The molecule has 6 heteroatoms. The van der Waals surface area contributed by atoms with Crippen molar-refractivity contribution in [3.63, 3.8) is 0 Å². The predicted molar refractivity (Wildman–Crippen MR) is 96.0 cm³/mol. The van der Waals surface area contributed by atoms with Crippen LogP contribution in [0, 0.1) is 0 Å². The summed E-state index contributed by atoms with van der Waals surface area (Å²) in [6.07, 6.45) is 0. The predicted octanol–water partition coefficient (Wildman–Crippen LogP) is 2.90. The maximum atomic E-state index is 12.5. The summed E-state index contributed by atoms with van der Waals surface area (Å²) in [5, 5.41) is 8.15. The molecule has 24 heavy (non-hydrogen) atoms. The zero-order chi connectivity index (χ0) is 17.3. The van der Waals surface area contributed by atoms with Crippen LogP contribution in [0.1, 0.15) is 10.4 Å². The van der Waals surface area contributed by atoms with Gasteiger partial charge in [0.2, 0.25) is 5.88 Å². The number of ether oxygens (including phenoxy) is 1. The maximum Gasteiger partial charge on any atom is 0.255 e. The van der Waals surface area contributed by atoms with Crippen molar-refractivity contribution in [2.75, 3.05) is 31.4 Å². The fourth-order valence-electron chi connectivity index (χ4n) is 2.61. The van der Waals surface area contributed by atoms with E-state index >= 15 is 0 Å². The molecule has 0 aliphatic rings. The number of hydrogen-bond acceptors (Lipinski definition) is 4. The normalized spacial score (nSPS) is 10.7. The largest absolute Gasteiger partial charge is 0.481 e. The van der Waals surface area contributed by atoms with Crippen molar-refractivity contribution >= 4 is 28.2 Å². The van der Waals surface area contributed by atoms with Gasteiger partial charge in [0, 0.05) is 38.1 Å². The highest BCUT2D eigenvalue weighted by atomic mass is 16.5. The second kappa shape index (κ2) is 6.23. The number of hydrogen-bond donors (Lipinski definition) is 1. The Labute approximate surface area is 140 Å². The van der Waals surface area contributed by atoms with Gasteiger partial charge < -0.3 is 15.0 Å². The zero-order valence-electron chi connectivity index (χ0n) is 14.2. The number of rotatable bonds is 4. The standard InChI is InChI=1S/C18H20N4O2/c1-21(2)14-8-6-13(7-9-14)19-17(23)12-5-10-15-16(11-12)20-22(3)18(15)24-4/h5-11H,1-4H3,(H,19,23). The van der Waals surface area contributed by atoms with Crippen molar-refractivity contribution in [3.05, 3.63) is 48.0 Å². The minimum atomic E-state index is -0.167. The van der Waals surface area contributed by atoms with Gasteiger partial charge in [0.1, 0.15) is 0 Å². The number of anilines is 2. The molecule has 0 saturated heterocycles. The summed E-state index contributed by atoms with van der Waals surface area (Å²) in [6.45, 7) is 0. The molecule has 2 aromatic carbocycles. The Morgan fingerprint density at radius 3 is 2.50 bits per heavy atom. The lowest BCUT2D eigenvalue weighted by Crippen LogP contribution is -2.12. The fraction of sp³-hybridized carbons (Fsp3) is 0.222. The zero-order valence-corrected chi connectivity index (χ0v) is 14.2. The lowest BCUT2D eigenvalue weighted by molar-refractivity contribution is 0.102. The van der Waals surface area contributed by atoms with Crippen LogP contribution in [0.15, 0.2) is 42.5 Å². The molecular weight excluding hydrogens is 304 g/mol. The topological polar surface area (TPSA) is 59.4 Å². The minimum absolute atomic E-state index is 0.167. The molecular formula is C18H20N4O2. The summed E-state index contributed by atoms with van der Waals surface area (Å²) >= 11 is 0. The van der Waals surface area contributed by atoms with Gasteiger partial charge in [-0.15, -0.1) is 0 Å². The third kappa shape index (κ3) is 2.90. The summed E-state index contributed by atoms with van der Waals surface area (Å²) in [7, 11) is 7.37. The maximum absolute atomic E-state index is 12.5. The van der Waals surface area contributed by atoms with Crippen molar-refractivity contribution in [2.24, 2.45) is 7.05 Å². The highest BCUT2D eigenvalue weighted by Gasteiger charge is 2.13. The van der Waals surface area contributed by atoms with E-state index in [0.717, 1.165) is 22.3 Å². The number of carbonyl (C=O) groups excluding carboxylic acids is 1. The number of nitrogens with zero attached hydrogens (tertiary/aromatic N) is 3. The van der Waals surface area contributed by atoms with E-state index in [2.05, 4.69) is 10.4 Å². The summed E-state index contributed by atoms with van der Waals surface area (Å²) in [5.74, 6) is 0.510. The van der Waals surface area contributed by atoms with Crippen molar-refractivity contribution in [2.45, 2.75) is 0 Å². The average molecular weight is 324 g/mol. The van der Waals surface area contributed by atoms with E-state index in [1.165, 1.54) is 0 Å². The van der Waals surface area contributed by atoms with E-state index < -0.39 is 0 Å². The van der Waals surface area contributed by atoms with Gasteiger partial charge in [0.05, 0.1) is 18.0 Å². The van der Waals surface area contributed by atoms with Gasteiger partial charge in [-0.1, -0.05) is 0 Å². The van der Waals surface area contributed by atoms with Gasteiger partial charge in [-0.05, 0) is 42.5 Å². The van der Waals surface area contributed by atoms with Gasteiger partial charge in [-0.3, -0.25) is 4.79 Å². The average Bonchev–Trinajstić information content (AvgIpc) is 2.89. The molecule has 0 aliphatic carbocycles. The van der Waals surface area contributed by atoms with Crippen molar-refractivity contribution in [1.82, 2.24) is 9.78 Å². The fourth-order valence-corrected chi connectivity index (χ4v) is 2.61. The number of nitrogens with one attached hydrogen (secondary N) is 1. The van der Waals surface area contributed by atoms with Crippen LogP contribution in [-0.4, -0.2) is 36.9 Å². The molecule has 3 rings (SSSR count). The van der Waals surface area contributed by atoms with Crippen LogP contribution in [0.25, 0.3) is 10.9 Å². The van der Waals surface area contributed by atoms with Crippen LogP contribution in [-0.2, 0) is 7.05 Å². The molecule has 0 radical (unpaired) electrons. The Bertz CT molecular complexity index is 882. The molecule has 124 valence electrons. The first-order chi connectivity index (χ1) is 11.5. The molecule has 6 nitrogen and oxygen atoms in total. The monoisotopic (exact) mass is 324 g/mol. The number of benzene rings is 2. The highest BCUT2D eigenvalue weighted by molar-refractivity contribution is 6.06. The van der Waals surface area contributed by atoms with Crippen molar-refractivity contribution in [3.8, 4) is 5.88 Å². The number of aryl methyl sites for hydroxylation is 1. The van der Waals surface area contributed by atoms with Gasteiger partial charge in [-0.2, -0.15) is 5.10 Å². The Hall–Kier alpha value is -3.02. The first-order valence-electron chi connectivity index (χ1n) is 7.59. The van der Waals surface area contributed by atoms with Crippen molar-refractivity contribution in [1.29, 1.82) is 0 Å². The molecule has 0 aliphatic heterocycles. The third-order valence-corrected chi connectivity index (χ3v) is 3.88. The number of fused-ring (bicyclic) bond motifs is 1. The van der Waals surface area contributed by atoms with E-state index in [4.69, 9.17) is 4.74 Å². The molecule has 1 N–H and O–H groups in total. The van der Waals surface area contributed by atoms with Crippen LogP contribution in [0.4, 0.5) is 11.4 Å². The van der Waals surface area contributed by atoms with Crippen molar-refractivity contribution < 1.29 is 9.53 Å². The van der Waals surface area contributed by atoms with Crippen LogP contribution < -0.4 is 15.0 Å². The van der Waals surface area contributed by atoms with Crippen LogP contribution >= 0.6 is 0 Å². The lowest BCUT2D eigenvalue weighted by Gasteiger charge is -2.13. The molecule has 1 heterocycles. The summed E-state index contributed by atoms with van der Waals surface area (Å²) in [4.78, 5) is 14.5. The molecule has 3 aromatic rings. The summed E-state index contributed by atoms with van der Waals surface area (Å²) in [5.41, 5.74) is 3.11. The Morgan fingerprint density at radius 2 is 1.88 bits per heavy atom. The SMILES string of the molecule is COc1c2ccc(C(=O)Nc3ccc(N(C)C)cc3)cc2nn1C. The van der Waals surface area contributed by atoms with Gasteiger partial charge in [0.15, 0.2) is 0 Å². The molecule has 0 atom stereocenters. The quantitative estimate of drug-likeness (QED) is 0.802. The first kappa shape index (κ1) is 15.9. The molecule has 1 amide bonds. The van der Waals surface area contributed by atoms with Crippen LogP contribution in [0.3, 0.4) is 0 Å². The Balaban J connectivity index is 1.83. The number of methoxy groups -OCH3 is 1. The minimum Gasteiger partial charge on any atom is -0.481 e. The molecule has 0 unspecified atom stereocenters. The summed E-state index contributed by atoms with van der Waals surface area (Å²) < 4.78 is 6.98. The van der Waals surface area contributed by atoms with Crippen LogP contribution in [0.2, 0.25) is 0 Å². The second-order valence-electron chi connectivity index (χ2n) is 5.76. The Morgan fingerprint density at radius 1 is 1.17 bits per heavy atom. The number of aromatic nitrogens is 2. The van der Waals surface area contributed by atoms with Gasteiger partial charge in [-0.25, -0.2) is 4.68 Å². The second-order valence-corrected chi connectivity index (χ2v) is 5.76. The lowest BCUT2D eigenvalue weighted by atomic mass is 10.1. The molecule has 0 saturated carbocycles. The van der Waals surface area contributed by atoms with Gasteiger partial charge >= 0.3 is 0 Å². The Kier molecular flexibility index (Phi) is 4.12. The third-order valence-electron chi connectivity index (χ3n) is 3.88. The van der Waals surface area contributed by atoms with E-state index in [-0.39, 0.29) is 5.91 Å². The number of carbonyl (C=O) groups is 1.